The zero-order valence-electron chi connectivity index (χ0n) is 27.2. The van der Waals surface area contributed by atoms with Crippen LogP contribution in [0.5, 0.6) is 0 Å². The first kappa shape index (κ1) is 29.8. The number of halogens is 1. The molecule has 1 heterocycles. The van der Waals surface area contributed by atoms with Crippen LogP contribution in [-0.2, 0) is 10.2 Å². The summed E-state index contributed by atoms with van der Waals surface area (Å²) in [6, 6.07) is 7.65. The Hall–Kier alpha value is -1.91. The Morgan fingerprint density at radius 3 is 2.33 bits per heavy atom. The number of carbonyl (C=O) groups excluding carboxylic acids is 1. The molecule has 7 rings (SSSR count). The number of carbonyl (C=O) groups is 1. The second-order valence-electron chi connectivity index (χ2n) is 16.7. The van der Waals surface area contributed by atoms with Gasteiger partial charge in [0.15, 0.2) is 5.78 Å². The van der Waals surface area contributed by atoms with Gasteiger partial charge in [0.1, 0.15) is 5.76 Å². The van der Waals surface area contributed by atoms with Crippen molar-refractivity contribution in [3.63, 3.8) is 0 Å². The second-order valence-corrected chi connectivity index (χ2v) is 17.1. The van der Waals surface area contributed by atoms with E-state index in [-0.39, 0.29) is 33.7 Å². The summed E-state index contributed by atoms with van der Waals surface area (Å²) in [5, 5.41) is 11.8. The van der Waals surface area contributed by atoms with Gasteiger partial charge in [-0.15, -0.1) is 0 Å². The summed E-state index contributed by atoms with van der Waals surface area (Å²) < 4.78 is 6.63. The van der Waals surface area contributed by atoms with Gasteiger partial charge in [-0.1, -0.05) is 60.1 Å². The fourth-order valence-electron chi connectivity index (χ4n) is 12.1. The molecule has 1 aromatic heterocycles. The van der Waals surface area contributed by atoms with Gasteiger partial charge in [0.2, 0.25) is 5.89 Å². The van der Waals surface area contributed by atoms with Crippen molar-refractivity contribution < 1.29 is 14.3 Å². The summed E-state index contributed by atoms with van der Waals surface area (Å²) in [5.41, 5.74) is 3.44. The highest BCUT2D eigenvalue weighted by Gasteiger charge is 2.70. The third-order valence-electron chi connectivity index (χ3n) is 14.5. The molecule has 0 bridgehead atoms. The van der Waals surface area contributed by atoms with Crippen molar-refractivity contribution in [3.05, 3.63) is 52.4 Å². The maximum absolute atomic E-state index is 14.0. The molecule has 0 radical (unpaired) electrons. The molecule has 0 spiro atoms. The predicted molar refractivity (Wildman–Crippen MR) is 172 cm³/mol. The van der Waals surface area contributed by atoms with Crippen LogP contribution in [0.4, 0.5) is 0 Å². The van der Waals surface area contributed by atoms with Crippen molar-refractivity contribution in [3.8, 4) is 11.5 Å². The minimum atomic E-state index is -0.403. The van der Waals surface area contributed by atoms with Gasteiger partial charge in [-0.25, -0.2) is 4.98 Å². The summed E-state index contributed by atoms with van der Waals surface area (Å²) in [7, 11) is 0. The zero-order valence-corrected chi connectivity index (χ0v) is 28.0. The fraction of sp³-hybridized carbons (Fsp3) is 0.684. The average molecular weight is 604 g/mol. The van der Waals surface area contributed by atoms with E-state index >= 15 is 0 Å². The first-order valence-corrected chi connectivity index (χ1v) is 17.2. The quantitative estimate of drug-likeness (QED) is 0.379. The van der Waals surface area contributed by atoms with E-state index in [0.29, 0.717) is 40.9 Å². The van der Waals surface area contributed by atoms with Crippen molar-refractivity contribution >= 4 is 17.4 Å². The number of aliphatic hydroxyl groups is 1. The fourth-order valence-corrected chi connectivity index (χ4v) is 12.3. The third kappa shape index (κ3) is 3.84. The molecule has 1 aromatic carbocycles. The van der Waals surface area contributed by atoms with Crippen LogP contribution in [0.25, 0.3) is 11.5 Å². The highest BCUT2D eigenvalue weighted by Crippen LogP contribution is 2.76. The predicted octanol–water partition coefficient (Wildman–Crippen LogP) is 9.59. The normalized spacial score (nSPS) is 42.0. The van der Waals surface area contributed by atoms with Crippen LogP contribution < -0.4 is 0 Å². The number of rotatable bonds is 3. The van der Waals surface area contributed by atoms with Crippen molar-refractivity contribution in [2.75, 3.05) is 0 Å². The van der Waals surface area contributed by atoms with Crippen molar-refractivity contribution in [1.29, 1.82) is 0 Å². The van der Waals surface area contributed by atoms with Gasteiger partial charge in [0.25, 0.3) is 0 Å². The minimum Gasteiger partial charge on any atom is -0.440 e. The van der Waals surface area contributed by atoms with E-state index in [1.807, 2.05) is 30.5 Å². The standard InChI is InChI=1S/C38H50ClNO3/c1-22(2)31-26(41)20-38(30-21-40-33(43-30)23-8-10-24(39)11-9-23)19-18-36(6)25(32(31)38)12-13-28-35(5)16-15-29(42)34(3,4)27(35)14-17-37(28,36)7/h8-11,21-22,25,27-29,42H,12-20H2,1-7H3/t25-,27+,28-,29+,35+,36-,37-,38+/m1/s1. The largest absolute Gasteiger partial charge is 0.440 e. The topological polar surface area (TPSA) is 63.3 Å². The lowest BCUT2D eigenvalue weighted by Crippen LogP contribution is -2.65. The number of hydrogen-bond donors (Lipinski definition) is 1. The maximum atomic E-state index is 14.0. The Labute approximate surface area is 263 Å². The van der Waals surface area contributed by atoms with Gasteiger partial charge in [-0.2, -0.15) is 0 Å². The number of aliphatic hydroxyl groups excluding tert-OH is 1. The molecule has 0 amide bonds. The third-order valence-corrected chi connectivity index (χ3v) is 14.7. The number of benzene rings is 1. The number of hydrogen-bond acceptors (Lipinski definition) is 4. The lowest BCUT2D eigenvalue weighted by atomic mass is 9.33. The number of aromatic nitrogens is 1. The first-order valence-electron chi connectivity index (χ1n) is 16.9. The number of allylic oxidation sites excluding steroid dienone is 2. The maximum Gasteiger partial charge on any atom is 0.226 e. The molecular weight excluding hydrogens is 554 g/mol. The van der Waals surface area contributed by atoms with Gasteiger partial charge in [-0.05, 0) is 132 Å². The van der Waals surface area contributed by atoms with E-state index in [4.69, 9.17) is 21.0 Å². The SMILES string of the molecule is CC(C)C1=C2[C@H]3CC[C@@H]4[C@@]5(C)CC[C@H](O)C(C)(C)[C@@H]5CC[C@@]4(C)[C@]3(C)CC[C@@]2(c2cnc(-c3ccc(Cl)cc3)o2)CC1=O. The van der Waals surface area contributed by atoms with Gasteiger partial charge < -0.3 is 9.52 Å². The molecule has 5 aliphatic rings. The summed E-state index contributed by atoms with van der Waals surface area (Å²) in [5.74, 6) is 3.49. The van der Waals surface area contributed by atoms with E-state index in [9.17, 15) is 9.90 Å². The monoisotopic (exact) mass is 603 g/mol. The molecule has 1 N–H and O–H groups in total. The van der Waals surface area contributed by atoms with Crippen LogP contribution in [0, 0.1) is 45.3 Å². The van der Waals surface area contributed by atoms with Crippen molar-refractivity contribution in [1.82, 2.24) is 4.98 Å². The lowest BCUT2D eigenvalue weighted by Gasteiger charge is -2.72. The number of oxazole rings is 1. The molecule has 4 nitrogen and oxygen atoms in total. The molecule has 0 saturated heterocycles. The van der Waals surface area contributed by atoms with E-state index in [2.05, 4.69) is 48.5 Å². The number of ketones is 1. The van der Waals surface area contributed by atoms with Gasteiger partial charge in [0, 0.05) is 17.0 Å². The van der Waals surface area contributed by atoms with Crippen LogP contribution >= 0.6 is 11.6 Å². The van der Waals surface area contributed by atoms with E-state index in [1.54, 1.807) is 0 Å². The van der Waals surface area contributed by atoms with E-state index in [1.165, 1.54) is 24.8 Å². The van der Waals surface area contributed by atoms with Gasteiger partial charge in [0.05, 0.1) is 17.7 Å². The molecule has 232 valence electrons. The average Bonchev–Trinajstić information content (AvgIpc) is 3.55. The molecule has 4 saturated carbocycles. The molecule has 0 unspecified atom stereocenters. The summed E-state index contributed by atoms with van der Waals surface area (Å²) in [6.45, 7) is 16.8. The highest BCUT2D eigenvalue weighted by molar-refractivity contribution is 6.30. The Morgan fingerprint density at radius 2 is 1.63 bits per heavy atom. The molecular formula is C38H50ClNO3. The summed E-state index contributed by atoms with van der Waals surface area (Å²) in [4.78, 5) is 18.8. The molecule has 0 aliphatic heterocycles. The lowest BCUT2D eigenvalue weighted by molar-refractivity contribution is -0.227. The second kappa shape index (κ2) is 9.55. The van der Waals surface area contributed by atoms with Gasteiger partial charge >= 0.3 is 0 Å². The van der Waals surface area contributed by atoms with Crippen LogP contribution in [0.3, 0.4) is 0 Å². The number of Topliss-reactive ketones (excluding diaryl/α,β-unsaturated/α-hetero) is 1. The van der Waals surface area contributed by atoms with Crippen LogP contribution in [0.2, 0.25) is 5.02 Å². The molecule has 5 aliphatic carbocycles. The van der Waals surface area contributed by atoms with Crippen LogP contribution in [0.15, 0.2) is 46.0 Å². The molecule has 8 atom stereocenters. The van der Waals surface area contributed by atoms with Gasteiger partial charge in [-0.3, -0.25) is 4.79 Å². The molecule has 2 aromatic rings. The Kier molecular flexibility index (Phi) is 6.61. The Bertz CT molecular complexity index is 1490. The van der Waals surface area contributed by atoms with Crippen molar-refractivity contribution in [2.45, 2.75) is 118 Å². The Balaban J connectivity index is 1.32. The van der Waals surface area contributed by atoms with Crippen molar-refractivity contribution in [2.24, 2.45) is 45.3 Å². The number of fused-ring (bicyclic) bond motifs is 7. The Morgan fingerprint density at radius 1 is 0.907 bits per heavy atom. The van der Waals surface area contributed by atoms with E-state index < -0.39 is 5.41 Å². The van der Waals surface area contributed by atoms with E-state index in [0.717, 1.165) is 49.0 Å². The van der Waals surface area contributed by atoms with Crippen LogP contribution in [0.1, 0.15) is 112 Å². The molecule has 43 heavy (non-hydrogen) atoms. The van der Waals surface area contributed by atoms with Crippen LogP contribution in [-0.4, -0.2) is 22.0 Å². The zero-order chi connectivity index (χ0) is 30.7. The smallest absolute Gasteiger partial charge is 0.226 e. The minimum absolute atomic E-state index is 0.0485. The highest BCUT2D eigenvalue weighted by atomic mass is 35.5. The molecule has 4 fully saturated rings. The first-order chi connectivity index (χ1) is 20.2. The summed E-state index contributed by atoms with van der Waals surface area (Å²) in [6.07, 6.45) is 11.0. The molecule has 5 heteroatoms. The number of nitrogens with zero attached hydrogens (tertiary/aromatic N) is 1. The summed E-state index contributed by atoms with van der Waals surface area (Å²) >= 11 is 6.16.